The molecule has 0 spiro atoms. The summed E-state index contributed by atoms with van der Waals surface area (Å²) in [5.74, 6) is 0.836. The average molecular weight is 493 g/mol. The predicted molar refractivity (Wildman–Crippen MR) is 135 cm³/mol. The lowest BCUT2D eigenvalue weighted by Crippen LogP contribution is -2.51. The fraction of sp³-hybridized carbons (Fsp3) is 0.423. The molecule has 3 aromatic rings. The number of aromatic nitrogens is 4. The van der Waals surface area contributed by atoms with Gasteiger partial charge < -0.3 is 14.8 Å². The second kappa shape index (κ2) is 11.2. The highest BCUT2D eigenvalue weighted by atomic mass is 16.5. The summed E-state index contributed by atoms with van der Waals surface area (Å²) in [4.78, 5) is 29.4. The van der Waals surface area contributed by atoms with Gasteiger partial charge in [0.1, 0.15) is 12.6 Å². The van der Waals surface area contributed by atoms with Gasteiger partial charge in [0.05, 0.1) is 14.2 Å². The van der Waals surface area contributed by atoms with Crippen LogP contribution in [-0.2, 0) is 16.1 Å². The lowest BCUT2D eigenvalue weighted by Gasteiger charge is -2.30. The van der Waals surface area contributed by atoms with Crippen LogP contribution in [-0.4, -0.2) is 58.3 Å². The third kappa shape index (κ3) is 5.64. The number of tetrazole rings is 1. The van der Waals surface area contributed by atoms with E-state index in [9.17, 15) is 9.59 Å². The van der Waals surface area contributed by atoms with Crippen LogP contribution in [0.4, 0.5) is 5.69 Å². The van der Waals surface area contributed by atoms with Crippen molar-refractivity contribution in [3.05, 3.63) is 48.0 Å². The first-order valence-electron chi connectivity index (χ1n) is 12.1. The van der Waals surface area contributed by atoms with Gasteiger partial charge in [0.15, 0.2) is 11.5 Å². The number of nitrogens with one attached hydrogen (secondary N) is 1. The monoisotopic (exact) mass is 492 g/mol. The van der Waals surface area contributed by atoms with E-state index >= 15 is 0 Å². The molecule has 1 fully saturated rings. The third-order valence-corrected chi connectivity index (χ3v) is 6.42. The number of rotatable bonds is 9. The Kier molecular flexibility index (Phi) is 7.82. The van der Waals surface area contributed by atoms with Crippen molar-refractivity contribution < 1.29 is 19.1 Å². The van der Waals surface area contributed by atoms with Crippen molar-refractivity contribution in [3.63, 3.8) is 0 Å². The van der Waals surface area contributed by atoms with Crippen LogP contribution in [0.2, 0.25) is 0 Å². The highest BCUT2D eigenvalue weighted by Gasteiger charge is 2.30. The first-order valence-corrected chi connectivity index (χ1v) is 12.1. The first kappa shape index (κ1) is 25.2. The Balaban J connectivity index is 1.59. The van der Waals surface area contributed by atoms with Crippen LogP contribution in [0, 0.1) is 6.92 Å². The standard InChI is InChI=1S/C26H32N6O4/c1-17-9-11-19(12-10-17)25-28-30-31(29-25)16-24(33)32(18(2)26(34)27-20-7-5-6-8-20)21-13-14-22(35-3)23(15-21)36-4/h9-15,18,20H,5-8,16H2,1-4H3,(H,27,34)/t18-/m0/s1. The van der Waals surface area contributed by atoms with Crippen molar-refractivity contribution in [2.45, 2.75) is 58.2 Å². The maximum Gasteiger partial charge on any atom is 0.251 e. The number of hydrogen-bond acceptors (Lipinski definition) is 7. The molecule has 0 radical (unpaired) electrons. The number of methoxy groups -OCH3 is 2. The fourth-order valence-electron chi connectivity index (χ4n) is 4.39. The van der Waals surface area contributed by atoms with Crippen molar-refractivity contribution in [2.75, 3.05) is 19.1 Å². The van der Waals surface area contributed by atoms with Crippen LogP contribution in [0.15, 0.2) is 42.5 Å². The zero-order valence-corrected chi connectivity index (χ0v) is 21.1. The highest BCUT2D eigenvalue weighted by molar-refractivity contribution is 6.00. The molecule has 10 heteroatoms. The normalized spacial score (nSPS) is 14.3. The molecule has 0 saturated heterocycles. The molecular formula is C26H32N6O4. The summed E-state index contributed by atoms with van der Waals surface area (Å²) < 4.78 is 10.8. The SMILES string of the molecule is COc1ccc(N(C(=O)Cn2nnc(-c3ccc(C)cc3)n2)[C@@H](C)C(=O)NC2CCCC2)cc1OC. The van der Waals surface area contributed by atoms with Gasteiger partial charge in [-0.1, -0.05) is 42.7 Å². The molecule has 1 N–H and O–H groups in total. The number of anilines is 1. The maximum absolute atomic E-state index is 13.6. The topological polar surface area (TPSA) is 111 Å². The van der Waals surface area contributed by atoms with Crippen LogP contribution in [0.1, 0.15) is 38.2 Å². The Bertz CT molecular complexity index is 1200. The number of ether oxygens (including phenoxy) is 2. The van der Waals surface area contributed by atoms with Gasteiger partial charge in [-0.15, -0.1) is 10.2 Å². The van der Waals surface area contributed by atoms with Gasteiger partial charge in [-0.2, -0.15) is 4.80 Å². The summed E-state index contributed by atoms with van der Waals surface area (Å²) >= 11 is 0. The van der Waals surface area contributed by atoms with E-state index in [0.29, 0.717) is 23.0 Å². The minimum absolute atomic E-state index is 0.136. The van der Waals surface area contributed by atoms with Crippen LogP contribution in [0.25, 0.3) is 11.4 Å². The molecule has 1 aliphatic rings. The average Bonchev–Trinajstić information content (AvgIpc) is 3.57. The summed E-state index contributed by atoms with van der Waals surface area (Å²) in [5, 5.41) is 15.6. The number of carbonyl (C=O) groups is 2. The van der Waals surface area contributed by atoms with Gasteiger partial charge in [-0.3, -0.25) is 14.5 Å². The van der Waals surface area contributed by atoms with Gasteiger partial charge in [0, 0.05) is 23.4 Å². The first-order chi connectivity index (χ1) is 17.4. The molecule has 2 amide bonds. The minimum Gasteiger partial charge on any atom is -0.493 e. The Labute approximate surface area is 210 Å². The van der Waals surface area contributed by atoms with Crippen LogP contribution in [0.5, 0.6) is 11.5 Å². The lowest BCUT2D eigenvalue weighted by molar-refractivity contribution is -0.127. The van der Waals surface area contributed by atoms with Gasteiger partial charge in [-0.05, 0) is 44.0 Å². The van der Waals surface area contributed by atoms with Gasteiger partial charge in [-0.25, -0.2) is 0 Å². The van der Waals surface area contributed by atoms with E-state index in [-0.39, 0.29) is 24.4 Å². The summed E-state index contributed by atoms with van der Waals surface area (Å²) in [5.41, 5.74) is 2.43. The van der Waals surface area contributed by atoms with E-state index in [1.807, 2.05) is 31.2 Å². The Morgan fingerprint density at radius 3 is 2.44 bits per heavy atom. The van der Waals surface area contributed by atoms with Gasteiger partial charge >= 0.3 is 0 Å². The molecule has 1 atom stereocenters. The quantitative estimate of drug-likeness (QED) is 0.488. The fourth-order valence-corrected chi connectivity index (χ4v) is 4.39. The molecule has 10 nitrogen and oxygen atoms in total. The van der Waals surface area contributed by atoms with E-state index in [1.54, 1.807) is 32.2 Å². The largest absolute Gasteiger partial charge is 0.493 e. The van der Waals surface area contributed by atoms with E-state index < -0.39 is 6.04 Å². The van der Waals surface area contributed by atoms with E-state index in [0.717, 1.165) is 36.8 Å². The summed E-state index contributed by atoms with van der Waals surface area (Å²) in [7, 11) is 3.07. The third-order valence-electron chi connectivity index (χ3n) is 6.42. The van der Waals surface area contributed by atoms with Crippen LogP contribution in [0.3, 0.4) is 0 Å². The molecule has 1 heterocycles. The second-order valence-corrected chi connectivity index (χ2v) is 8.98. The smallest absolute Gasteiger partial charge is 0.251 e. The van der Waals surface area contributed by atoms with E-state index in [2.05, 4.69) is 20.7 Å². The minimum atomic E-state index is -0.767. The molecule has 1 saturated carbocycles. The molecule has 4 rings (SSSR count). The van der Waals surface area contributed by atoms with E-state index in [4.69, 9.17) is 9.47 Å². The maximum atomic E-state index is 13.6. The summed E-state index contributed by atoms with van der Waals surface area (Å²) in [6.07, 6.45) is 4.10. The Morgan fingerprint density at radius 1 is 1.08 bits per heavy atom. The zero-order valence-electron chi connectivity index (χ0n) is 21.1. The molecule has 2 aromatic carbocycles. The van der Waals surface area contributed by atoms with Gasteiger partial charge in [0.25, 0.3) is 5.91 Å². The lowest BCUT2D eigenvalue weighted by atomic mass is 10.1. The van der Waals surface area contributed by atoms with Crippen molar-refractivity contribution in [1.82, 2.24) is 25.5 Å². The number of nitrogens with zero attached hydrogens (tertiary/aromatic N) is 5. The zero-order chi connectivity index (χ0) is 25.7. The number of aryl methyl sites for hydroxylation is 1. The van der Waals surface area contributed by atoms with Gasteiger partial charge in [0.2, 0.25) is 11.7 Å². The number of amides is 2. The molecule has 0 bridgehead atoms. The summed E-state index contributed by atoms with van der Waals surface area (Å²) in [6.45, 7) is 3.53. The molecule has 0 aliphatic heterocycles. The van der Waals surface area contributed by atoms with Crippen LogP contribution < -0.4 is 19.7 Å². The number of benzene rings is 2. The Morgan fingerprint density at radius 2 is 1.78 bits per heavy atom. The molecular weight excluding hydrogens is 460 g/mol. The molecule has 1 aromatic heterocycles. The highest BCUT2D eigenvalue weighted by Crippen LogP contribution is 2.32. The number of hydrogen-bond donors (Lipinski definition) is 1. The second-order valence-electron chi connectivity index (χ2n) is 8.98. The van der Waals surface area contributed by atoms with Crippen molar-refractivity contribution >= 4 is 17.5 Å². The van der Waals surface area contributed by atoms with Crippen LogP contribution >= 0.6 is 0 Å². The Hall–Kier alpha value is -3.95. The van der Waals surface area contributed by atoms with Crippen molar-refractivity contribution in [3.8, 4) is 22.9 Å². The molecule has 36 heavy (non-hydrogen) atoms. The predicted octanol–water partition coefficient (Wildman–Crippen LogP) is 3.15. The van der Waals surface area contributed by atoms with Crippen molar-refractivity contribution in [1.29, 1.82) is 0 Å². The van der Waals surface area contributed by atoms with Crippen molar-refractivity contribution in [2.24, 2.45) is 0 Å². The molecule has 190 valence electrons. The molecule has 1 aliphatic carbocycles. The van der Waals surface area contributed by atoms with E-state index in [1.165, 1.54) is 16.8 Å². The summed E-state index contributed by atoms with van der Waals surface area (Å²) in [6, 6.07) is 12.2. The number of carbonyl (C=O) groups excluding carboxylic acids is 2. The molecule has 0 unspecified atom stereocenters.